The second-order valence-electron chi connectivity index (χ2n) is 7.62. The molecule has 0 fully saturated rings. The van der Waals surface area contributed by atoms with Crippen molar-refractivity contribution in [3.05, 3.63) is 64.8 Å². The van der Waals surface area contributed by atoms with Crippen LogP contribution in [0, 0.1) is 0 Å². The summed E-state index contributed by atoms with van der Waals surface area (Å²) < 4.78 is 20.6. The second-order valence-corrected chi connectivity index (χ2v) is 7.62. The van der Waals surface area contributed by atoms with Gasteiger partial charge in [0, 0.05) is 5.39 Å². The molecule has 0 aliphatic heterocycles. The molecule has 7 nitrogen and oxygen atoms in total. The Balaban J connectivity index is 1.82. The Kier molecular flexibility index (Phi) is 6.58. The molecule has 0 N–H and O–H groups in total. The quantitative estimate of drug-likeness (QED) is 0.516. The van der Waals surface area contributed by atoms with Gasteiger partial charge in [-0.05, 0) is 60.2 Å². The lowest BCUT2D eigenvalue weighted by Gasteiger charge is -2.22. The number of ether oxygens (including phenoxy) is 4. The SMILES string of the molecule is COC(=O)COC(=O)c1c2c(nc3ccccc13)/C(=C\c1ccc(OC)c(OC)c1)CCC2. The average molecular weight is 447 g/mol. The van der Waals surface area contributed by atoms with Crippen molar-refractivity contribution in [2.45, 2.75) is 19.3 Å². The minimum absolute atomic E-state index is 0.435. The van der Waals surface area contributed by atoms with Crippen molar-refractivity contribution in [2.24, 2.45) is 0 Å². The summed E-state index contributed by atoms with van der Waals surface area (Å²) >= 11 is 0. The van der Waals surface area contributed by atoms with Gasteiger partial charge in [0.25, 0.3) is 0 Å². The first-order valence-electron chi connectivity index (χ1n) is 10.6. The summed E-state index contributed by atoms with van der Waals surface area (Å²) in [7, 11) is 4.46. The summed E-state index contributed by atoms with van der Waals surface area (Å²) in [5.41, 5.74) is 4.73. The second kappa shape index (κ2) is 9.73. The van der Waals surface area contributed by atoms with Gasteiger partial charge in [0.15, 0.2) is 18.1 Å². The van der Waals surface area contributed by atoms with Crippen molar-refractivity contribution in [2.75, 3.05) is 27.9 Å². The van der Waals surface area contributed by atoms with Crippen LogP contribution in [0.4, 0.5) is 0 Å². The average Bonchev–Trinajstić information content (AvgIpc) is 2.85. The number of carbonyl (C=O) groups is 2. The van der Waals surface area contributed by atoms with E-state index < -0.39 is 18.5 Å². The molecule has 0 radical (unpaired) electrons. The minimum Gasteiger partial charge on any atom is -0.493 e. The normalized spacial score (nSPS) is 14.0. The summed E-state index contributed by atoms with van der Waals surface area (Å²) in [5.74, 6) is 0.136. The van der Waals surface area contributed by atoms with E-state index in [1.54, 1.807) is 14.2 Å². The van der Waals surface area contributed by atoms with Crippen molar-refractivity contribution < 1.29 is 28.5 Å². The van der Waals surface area contributed by atoms with Crippen molar-refractivity contribution in [1.29, 1.82) is 0 Å². The zero-order valence-corrected chi connectivity index (χ0v) is 18.8. The minimum atomic E-state index is -0.607. The molecular weight excluding hydrogens is 422 g/mol. The van der Waals surface area contributed by atoms with Crippen LogP contribution in [0.2, 0.25) is 0 Å². The maximum Gasteiger partial charge on any atom is 0.344 e. The van der Waals surface area contributed by atoms with Crippen molar-refractivity contribution >= 4 is 34.5 Å². The van der Waals surface area contributed by atoms with E-state index in [0.29, 0.717) is 34.4 Å². The number of hydrogen-bond donors (Lipinski definition) is 0. The monoisotopic (exact) mass is 447 g/mol. The van der Waals surface area contributed by atoms with Crippen LogP contribution in [0.15, 0.2) is 42.5 Å². The number of methoxy groups -OCH3 is 3. The van der Waals surface area contributed by atoms with E-state index in [1.165, 1.54) is 7.11 Å². The number of nitrogens with zero attached hydrogens (tertiary/aromatic N) is 1. The number of pyridine rings is 1. The molecule has 0 bridgehead atoms. The van der Waals surface area contributed by atoms with Gasteiger partial charge in [-0.2, -0.15) is 0 Å². The predicted molar refractivity (Wildman–Crippen MR) is 124 cm³/mol. The van der Waals surface area contributed by atoms with E-state index in [-0.39, 0.29) is 0 Å². The lowest BCUT2D eigenvalue weighted by molar-refractivity contribution is -0.144. The Bertz CT molecular complexity index is 1250. The summed E-state index contributed by atoms with van der Waals surface area (Å²) in [4.78, 5) is 29.5. The number of carbonyl (C=O) groups excluding carboxylic acids is 2. The molecule has 33 heavy (non-hydrogen) atoms. The molecule has 0 spiro atoms. The topological polar surface area (TPSA) is 84.0 Å². The summed E-state index contributed by atoms with van der Waals surface area (Å²) in [6.45, 7) is -0.435. The molecule has 1 heterocycles. The van der Waals surface area contributed by atoms with Crippen molar-refractivity contribution in [1.82, 2.24) is 4.98 Å². The van der Waals surface area contributed by atoms with Crippen molar-refractivity contribution in [3.8, 4) is 11.5 Å². The van der Waals surface area contributed by atoms with Crippen LogP contribution in [-0.2, 0) is 20.7 Å². The maximum atomic E-state index is 13.1. The van der Waals surface area contributed by atoms with Crippen LogP contribution in [0.25, 0.3) is 22.6 Å². The zero-order valence-electron chi connectivity index (χ0n) is 18.8. The fourth-order valence-corrected chi connectivity index (χ4v) is 4.11. The van der Waals surface area contributed by atoms with E-state index in [0.717, 1.165) is 35.2 Å². The highest BCUT2D eigenvalue weighted by atomic mass is 16.6. The maximum absolute atomic E-state index is 13.1. The van der Waals surface area contributed by atoms with Crippen LogP contribution in [0.1, 0.15) is 40.0 Å². The Morgan fingerprint density at radius 1 is 1.00 bits per heavy atom. The van der Waals surface area contributed by atoms with Crippen LogP contribution < -0.4 is 9.47 Å². The Morgan fingerprint density at radius 2 is 1.79 bits per heavy atom. The Morgan fingerprint density at radius 3 is 2.55 bits per heavy atom. The highest BCUT2D eigenvalue weighted by Crippen LogP contribution is 2.37. The number of hydrogen-bond acceptors (Lipinski definition) is 7. The molecule has 1 aromatic heterocycles. The molecular formula is C26H25NO6. The standard InChI is InChI=1S/C26H25NO6/c1-30-21-12-11-16(14-22(21)31-2)13-17-7-6-9-19-24(26(29)33-15-23(28)32-3)18-8-4-5-10-20(18)27-25(17)19/h4-5,8,10-14H,6-7,9,15H2,1-3H3/b17-13-. The molecule has 2 aromatic carbocycles. The summed E-state index contributed by atoms with van der Waals surface area (Å²) in [6, 6.07) is 13.2. The van der Waals surface area contributed by atoms with Crippen LogP contribution in [0.5, 0.6) is 11.5 Å². The molecule has 0 amide bonds. The van der Waals surface area contributed by atoms with Gasteiger partial charge in [-0.1, -0.05) is 24.3 Å². The molecule has 1 aliphatic rings. The van der Waals surface area contributed by atoms with E-state index in [2.05, 4.69) is 10.8 Å². The van der Waals surface area contributed by atoms with Gasteiger partial charge in [0.05, 0.1) is 38.1 Å². The molecule has 4 rings (SSSR count). The molecule has 3 aromatic rings. The molecule has 0 atom stereocenters. The number of para-hydroxylation sites is 1. The third-order valence-electron chi connectivity index (χ3n) is 5.67. The van der Waals surface area contributed by atoms with Gasteiger partial charge >= 0.3 is 11.9 Å². The van der Waals surface area contributed by atoms with E-state index in [1.807, 2.05) is 42.5 Å². The fourth-order valence-electron chi connectivity index (χ4n) is 4.11. The van der Waals surface area contributed by atoms with Gasteiger partial charge in [0.2, 0.25) is 0 Å². The van der Waals surface area contributed by atoms with Gasteiger partial charge in [-0.15, -0.1) is 0 Å². The zero-order chi connectivity index (χ0) is 23.4. The first kappa shape index (κ1) is 22.3. The molecule has 0 saturated heterocycles. The number of rotatable bonds is 6. The van der Waals surface area contributed by atoms with Gasteiger partial charge in [-0.25, -0.2) is 14.6 Å². The molecule has 0 unspecified atom stereocenters. The largest absolute Gasteiger partial charge is 0.493 e. The predicted octanol–water partition coefficient (Wildman–Crippen LogP) is 4.46. The number of fused-ring (bicyclic) bond motifs is 2. The van der Waals surface area contributed by atoms with E-state index in [4.69, 9.17) is 19.2 Å². The van der Waals surface area contributed by atoms with Gasteiger partial charge in [-0.3, -0.25) is 0 Å². The Hall–Kier alpha value is -3.87. The van der Waals surface area contributed by atoms with Crippen molar-refractivity contribution in [3.63, 3.8) is 0 Å². The van der Waals surface area contributed by atoms with Crippen LogP contribution in [0.3, 0.4) is 0 Å². The van der Waals surface area contributed by atoms with Crippen LogP contribution in [-0.4, -0.2) is 44.9 Å². The highest BCUT2D eigenvalue weighted by Gasteiger charge is 2.26. The first-order chi connectivity index (χ1) is 16.0. The number of esters is 2. The highest BCUT2D eigenvalue weighted by molar-refractivity contribution is 6.07. The Labute approximate surface area is 191 Å². The summed E-state index contributed by atoms with van der Waals surface area (Å²) in [5, 5.41) is 0.707. The van der Waals surface area contributed by atoms with Gasteiger partial charge < -0.3 is 18.9 Å². The smallest absolute Gasteiger partial charge is 0.344 e. The van der Waals surface area contributed by atoms with E-state index in [9.17, 15) is 9.59 Å². The third-order valence-corrected chi connectivity index (χ3v) is 5.67. The third kappa shape index (κ3) is 4.53. The molecule has 0 saturated carbocycles. The molecule has 1 aliphatic carbocycles. The van der Waals surface area contributed by atoms with E-state index >= 15 is 0 Å². The lowest BCUT2D eigenvalue weighted by atomic mass is 9.86. The molecule has 7 heteroatoms. The van der Waals surface area contributed by atoms with Crippen LogP contribution >= 0.6 is 0 Å². The number of aromatic nitrogens is 1. The fraction of sp³-hybridized carbons (Fsp3) is 0.269. The lowest BCUT2D eigenvalue weighted by Crippen LogP contribution is -2.19. The first-order valence-corrected chi connectivity index (χ1v) is 10.6. The van der Waals surface area contributed by atoms with Gasteiger partial charge in [0.1, 0.15) is 0 Å². The number of allylic oxidation sites excluding steroid dienone is 1. The number of benzene rings is 2. The summed E-state index contributed by atoms with van der Waals surface area (Å²) in [6.07, 6.45) is 4.44. The molecule has 170 valence electrons.